The zero-order valence-corrected chi connectivity index (χ0v) is 15.3. The standard InChI is InChI=1S/C16H27N5O2S/c1-20-7-4-8-21(10-9-20)16-18-12-14(24(2,22)23)15(19-16)13-5-3-6-17-11-13/h12-13,17H,3-11H2,1-2H3/t13-/m0/s1. The number of piperidine rings is 1. The molecule has 0 radical (unpaired) electrons. The van der Waals surface area contributed by atoms with E-state index in [1.54, 1.807) is 0 Å². The zero-order valence-electron chi connectivity index (χ0n) is 14.5. The summed E-state index contributed by atoms with van der Waals surface area (Å²) in [6, 6.07) is 0. The molecule has 1 aromatic rings. The van der Waals surface area contributed by atoms with Gasteiger partial charge in [0.2, 0.25) is 5.95 Å². The SMILES string of the molecule is CN1CCCN(c2ncc(S(C)(=O)=O)c([C@H]3CCCNC3)n2)CC1. The summed E-state index contributed by atoms with van der Waals surface area (Å²) in [4.78, 5) is 13.9. The summed E-state index contributed by atoms with van der Waals surface area (Å²) < 4.78 is 24.3. The van der Waals surface area contributed by atoms with Gasteiger partial charge in [-0.15, -0.1) is 0 Å². The van der Waals surface area contributed by atoms with Gasteiger partial charge in [-0.1, -0.05) is 0 Å². The van der Waals surface area contributed by atoms with Gasteiger partial charge < -0.3 is 15.1 Å². The molecule has 1 N–H and O–H groups in total. The number of anilines is 1. The minimum atomic E-state index is -3.33. The predicted molar refractivity (Wildman–Crippen MR) is 94.3 cm³/mol. The van der Waals surface area contributed by atoms with E-state index in [1.807, 2.05) is 0 Å². The lowest BCUT2D eigenvalue weighted by Crippen LogP contribution is -2.32. The van der Waals surface area contributed by atoms with Crippen LogP contribution in [0.2, 0.25) is 0 Å². The highest BCUT2D eigenvalue weighted by molar-refractivity contribution is 7.90. The molecule has 3 rings (SSSR count). The Kier molecular flexibility index (Phi) is 5.36. The van der Waals surface area contributed by atoms with Crippen molar-refractivity contribution in [3.05, 3.63) is 11.9 Å². The molecule has 8 heteroatoms. The number of hydrogen-bond acceptors (Lipinski definition) is 7. The zero-order chi connectivity index (χ0) is 17.2. The average Bonchev–Trinajstić information content (AvgIpc) is 2.79. The number of nitrogens with one attached hydrogen (secondary N) is 1. The summed E-state index contributed by atoms with van der Waals surface area (Å²) in [5.74, 6) is 0.804. The van der Waals surface area contributed by atoms with Crippen LogP contribution in [0, 0.1) is 0 Å². The molecule has 2 aliphatic rings. The van der Waals surface area contributed by atoms with Crippen molar-refractivity contribution in [2.75, 3.05) is 57.5 Å². The minimum Gasteiger partial charge on any atom is -0.339 e. The number of sulfone groups is 1. The molecule has 0 amide bonds. The topological polar surface area (TPSA) is 78.4 Å². The lowest BCUT2D eigenvalue weighted by Gasteiger charge is -2.26. The van der Waals surface area contributed by atoms with Crippen LogP contribution in [0.3, 0.4) is 0 Å². The van der Waals surface area contributed by atoms with Crippen molar-refractivity contribution in [1.82, 2.24) is 20.2 Å². The van der Waals surface area contributed by atoms with Crippen molar-refractivity contribution in [1.29, 1.82) is 0 Å². The fraction of sp³-hybridized carbons (Fsp3) is 0.750. The number of nitrogens with zero attached hydrogens (tertiary/aromatic N) is 4. The summed E-state index contributed by atoms with van der Waals surface area (Å²) in [6.07, 6.45) is 5.83. The molecule has 3 heterocycles. The van der Waals surface area contributed by atoms with E-state index in [9.17, 15) is 8.42 Å². The highest BCUT2D eigenvalue weighted by atomic mass is 32.2. The molecule has 2 saturated heterocycles. The third-order valence-corrected chi connectivity index (χ3v) is 5.97. The first-order valence-electron chi connectivity index (χ1n) is 8.66. The van der Waals surface area contributed by atoms with E-state index in [-0.39, 0.29) is 10.8 Å². The largest absolute Gasteiger partial charge is 0.339 e. The molecular weight excluding hydrogens is 326 g/mol. The second-order valence-electron chi connectivity index (χ2n) is 6.88. The van der Waals surface area contributed by atoms with Gasteiger partial charge in [-0.3, -0.25) is 0 Å². The third kappa shape index (κ3) is 4.04. The normalized spacial score (nSPS) is 23.9. The highest BCUT2D eigenvalue weighted by Gasteiger charge is 2.26. The van der Waals surface area contributed by atoms with Crippen LogP contribution >= 0.6 is 0 Å². The number of likely N-dealkylation sites (N-methyl/N-ethyl adjacent to an activating group) is 1. The van der Waals surface area contributed by atoms with Crippen LogP contribution in [0.25, 0.3) is 0 Å². The van der Waals surface area contributed by atoms with Gasteiger partial charge in [0.1, 0.15) is 4.90 Å². The van der Waals surface area contributed by atoms with Gasteiger partial charge in [0.05, 0.1) is 11.9 Å². The molecule has 0 saturated carbocycles. The maximum absolute atomic E-state index is 12.2. The maximum Gasteiger partial charge on any atom is 0.225 e. The van der Waals surface area contributed by atoms with E-state index in [1.165, 1.54) is 12.5 Å². The van der Waals surface area contributed by atoms with Crippen molar-refractivity contribution < 1.29 is 8.42 Å². The smallest absolute Gasteiger partial charge is 0.225 e. The highest BCUT2D eigenvalue weighted by Crippen LogP contribution is 2.28. The molecule has 1 atom stereocenters. The quantitative estimate of drug-likeness (QED) is 0.847. The summed E-state index contributed by atoms with van der Waals surface area (Å²) in [5, 5.41) is 3.35. The van der Waals surface area contributed by atoms with Gasteiger partial charge in [-0.2, -0.15) is 0 Å². The summed E-state index contributed by atoms with van der Waals surface area (Å²) in [7, 11) is -1.20. The van der Waals surface area contributed by atoms with E-state index in [4.69, 9.17) is 4.98 Å². The van der Waals surface area contributed by atoms with Crippen LogP contribution in [0.4, 0.5) is 5.95 Å². The Balaban J connectivity index is 1.94. The Bertz CT molecular complexity index is 673. The molecule has 134 valence electrons. The van der Waals surface area contributed by atoms with E-state index in [2.05, 4.69) is 27.1 Å². The first kappa shape index (κ1) is 17.6. The fourth-order valence-electron chi connectivity index (χ4n) is 3.44. The Morgan fingerprint density at radius 1 is 1.21 bits per heavy atom. The summed E-state index contributed by atoms with van der Waals surface area (Å²) >= 11 is 0. The number of aromatic nitrogens is 2. The molecule has 0 bridgehead atoms. The lowest BCUT2D eigenvalue weighted by molar-refractivity contribution is 0.360. The van der Waals surface area contributed by atoms with E-state index in [0.29, 0.717) is 11.6 Å². The Morgan fingerprint density at radius 2 is 2.04 bits per heavy atom. The van der Waals surface area contributed by atoms with Crippen molar-refractivity contribution in [2.45, 2.75) is 30.1 Å². The first-order chi connectivity index (χ1) is 11.4. The van der Waals surface area contributed by atoms with E-state index >= 15 is 0 Å². The summed E-state index contributed by atoms with van der Waals surface area (Å²) in [5.41, 5.74) is 0.687. The van der Waals surface area contributed by atoms with Crippen LogP contribution in [0.15, 0.2) is 11.1 Å². The maximum atomic E-state index is 12.2. The molecule has 2 fully saturated rings. The molecule has 7 nitrogen and oxygen atoms in total. The first-order valence-corrected chi connectivity index (χ1v) is 10.6. The molecule has 0 spiro atoms. The van der Waals surface area contributed by atoms with Gasteiger partial charge in [-0.25, -0.2) is 18.4 Å². The van der Waals surface area contributed by atoms with Crippen LogP contribution in [0.5, 0.6) is 0 Å². The lowest BCUT2D eigenvalue weighted by atomic mass is 9.96. The molecule has 0 aromatic carbocycles. The van der Waals surface area contributed by atoms with Crippen molar-refractivity contribution in [3.63, 3.8) is 0 Å². The van der Waals surface area contributed by atoms with Crippen molar-refractivity contribution in [2.24, 2.45) is 0 Å². The fourth-order valence-corrected chi connectivity index (χ4v) is 4.27. The average molecular weight is 353 g/mol. The molecule has 2 aliphatic heterocycles. The van der Waals surface area contributed by atoms with Crippen LogP contribution in [-0.4, -0.2) is 75.9 Å². The Morgan fingerprint density at radius 3 is 2.75 bits per heavy atom. The van der Waals surface area contributed by atoms with Gasteiger partial charge >= 0.3 is 0 Å². The van der Waals surface area contributed by atoms with Crippen LogP contribution in [-0.2, 0) is 9.84 Å². The van der Waals surface area contributed by atoms with Crippen LogP contribution < -0.4 is 10.2 Å². The molecule has 0 unspecified atom stereocenters. The van der Waals surface area contributed by atoms with Gasteiger partial charge in [0.25, 0.3) is 0 Å². The predicted octanol–water partition coefficient (Wildman–Crippen LogP) is 0.489. The number of rotatable bonds is 3. The Labute approximate surface area is 144 Å². The Hall–Kier alpha value is -1.25. The van der Waals surface area contributed by atoms with Gasteiger partial charge in [0.15, 0.2) is 9.84 Å². The van der Waals surface area contributed by atoms with Gasteiger partial charge in [-0.05, 0) is 39.4 Å². The van der Waals surface area contributed by atoms with Crippen molar-refractivity contribution in [3.8, 4) is 0 Å². The molecule has 24 heavy (non-hydrogen) atoms. The van der Waals surface area contributed by atoms with Crippen LogP contribution in [0.1, 0.15) is 30.9 Å². The molecule has 1 aromatic heterocycles. The summed E-state index contributed by atoms with van der Waals surface area (Å²) in [6.45, 7) is 5.58. The second kappa shape index (κ2) is 7.33. The molecular formula is C16H27N5O2S. The molecule has 0 aliphatic carbocycles. The number of hydrogen-bond donors (Lipinski definition) is 1. The monoisotopic (exact) mass is 353 g/mol. The van der Waals surface area contributed by atoms with E-state index in [0.717, 1.165) is 58.5 Å². The van der Waals surface area contributed by atoms with E-state index < -0.39 is 9.84 Å². The second-order valence-corrected chi connectivity index (χ2v) is 8.86. The van der Waals surface area contributed by atoms with Gasteiger partial charge in [0, 0.05) is 38.4 Å². The van der Waals surface area contributed by atoms with Crippen molar-refractivity contribution >= 4 is 15.8 Å². The third-order valence-electron chi connectivity index (χ3n) is 4.86. The minimum absolute atomic E-state index is 0.139.